The number of rotatable bonds is 0. The minimum atomic E-state index is -0.613. The Morgan fingerprint density at radius 1 is 0.765 bits per heavy atom. The first-order chi connectivity index (χ1) is 8.16. The molecule has 3 heteroatoms. The highest BCUT2D eigenvalue weighted by Gasteiger charge is 2.08. The number of phenols is 2. The number of phenolic OH excluding ortho intramolecular Hbond substituents is 2. The van der Waals surface area contributed by atoms with E-state index in [2.05, 4.69) is 0 Å². The number of aromatic hydroxyl groups is 2. The molecule has 17 heavy (non-hydrogen) atoms. The first kappa shape index (κ1) is 9.90. The van der Waals surface area contributed by atoms with Crippen molar-refractivity contribution in [2.24, 2.45) is 0 Å². The van der Waals surface area contributed by atoms with Crippen LogP contribution < -0.4 is 0 Å². The Morgan fingerprint density at radius 3 is 2.29 bits per heavy atom. The summed E-state index contributed by atoms with van der Waals surface area (Å²) in [7, 11) is 0. The van der Waals surface area contributed by atoms with E-state index in [0.717, 1.165) is 16.2 Å². The van der Waals surface area contributed by atoms with Crippen molar-refractivity contribution in [1.29, 1.82) is 0 Å². The summed E-state index contributed by atoms with van der Waals surface area (Å²) in [6.45, 7) is 0. The van der Waals surface area contributed by atoms with Crippen LogP contribution in [-0.4, -0.2) is 10.2 Å². The summed E-state index contributed by atoms with van der Waals surface area (Å²) < 4.78 is 13.7. The van der Waals surface area contributed by atoms with Crippen molar-refractivity contribution >= 4 is 21.5 Å². The van der Waals surface area contributed by atoms with Crippen molar-refractivity contribution in [1.82, 2.24) is 0 Å². The Hall–Kier alpha value is -2.29. The predicted octanol–water partition coefficient (Wildman–Crippen LogP) is 3.54. The van der Waals surface area contributed by atoms with E-state index < -0.39 is 5.82 Å². The van der Waals surface area contributed by atoms with Crippen molar-refractivity contribution in [3.63, 3.8) is 0 Å². The number of hydrogen-bond donors (Lipinski definition) is 2. The Labute approximate surface area is 96.5 Å². The smallest absolute Gasteiger partial charge is 0.172 e. The highest BCUT2D eigenvalue weighted by Crippen LogP contribution is 2.32. The average molecular weight is 228 g/mol. The van der Waals surface area contributed by atoms with Crippen LogP contribution in [0.4, 0.5) is 4.39 Å². The molecule has 0 spiro atoms. The predicted molar refractivity (Wildman–Crippen MR) is 64.7 cm³/mol. The number of halogens is 1. The zero-order valence-electron chi connectivity index (χ0n) is 8.81. The van der Waals surface area contributed by atoms with Crippen LogP contribution in [0.25, 0.3) is 21.5 Å². The Morgan fingerprint density at radius 2 is 1.47 bits per heavy atom. The Balaban J connectivity index is 2.53. The van der Waals surface area contributed by atoms with Crippen LogP contribution in [-0.2, 0) is 0 Å². The molecule has 0 amide bonds. The lowest BCUT2D eigenvalue weighted by molar-refractivity contribution is 0.436. The molecule has 0 aliphatic carbocycles. The minimum absolute atomic E-state index is 0.177. The van der Waals surface area contributed by atoms with E-state index in [4.69, 9.17) is 0 Å². The quantitative estimate of drug-likeness (QED) is 0.578. The second-order valence-electron chi connectivity index (χ2n) is 3.96. The average Bonchev–Trinajstić information content (AvgIpc) is 2.33. The van der Waals surface area contributed by atoms with Gasteiger partial charge in [-0.15, -0.1) is 0 Å². The van der Waals surface area contributed by atoms with Crippen LogP contribution in [0, 0.1) is 5.82 Å². The van der Waals surface area contributed by atoms with Gasteiger partial charge in [-0.1, -0.05) is 18.2 Å². The van der Waals surface area contributed by atoms with Crippen LogP contribution in [0.5, 0.6) is 11.5 Å². The maximum absolute atomic E-state index is 13.7. The summed E-state index contributed by atoms with van der Waals surface area (Å²) in [5.74, 6) is -0.788. The van der Waals surface area contributed by atoms with Gasteiger partial charge in [-0.3, -0.25) is 0 Å². The molecular formula is C14H9FO2. The van der Waals surface area contributed by atoms with Crippen molar-refractivity contribution in [2.45, 2.75) is 0 Å². The summed E-state index contributed by atoms with van der Waals surface area (Å²) in [6, 6.07) is 11.3. The van der Waals surface area contributed by atoms with Gasteiger partial charge in [0, 0.05) is 5.39 Å². The Bertz CT molecular complexity index is 735. The highest BCUT2D eigenvalue weighted by molar-refractivity contribution is 6.08. The van der Waals surface area contributed by atoms with E-state index in [1.807, 2.05) is 0 Å². The van der Waals surface area contributed by atoms with Crippen molar-refractivity contribution in [3.05, 3.63) is 48.3 Å². The molecule has 2 N–H and O–H groups in total. The van der Waals surface area contributed by atoms with Gasteiger partial charge in [0.1, 0.15) is 5.75 Å². The molecule has 3 aromatic carbocycles. The molecule has 3 aromatic rings. The molecule has 0 bridgehead atoms. The first-order valence-electron chi connectivity index (χ1n) is 5.20. The van der Waals surface area contributed by atoms with Crippen LogP contribution >= 0.6 is 0 Å². The van der Waals surface area contributed by atoms with Crippen molar-refractivity contribution in [2.75, 3.05) is 0 Å². The third-order valence-corrected chi connectivity index (χ3v) is 2.91. The van der Waals surface area contributed by atoms with Gasteiger partial charge in [0.25, 0.3) is 0 Å². The summed E-state index contributed by atoms with van der Waals surface area (Å²) in [4.78, 5) is 0. The standard InChI is InChI=1S/C14H9FO2/c15-14-12-3-1-8-7-9(16)2-4-10(8)11(12)5-6-13(14)17/h1-7,16-17H. The maximum Gasteiger partial charge on any atom is 0.172 e. The Kier molecular flexibility index (Phi) is 1.95. The van der Waals surface area contributed by atoms with Gasteiger partial charge in [0.2, 0.25) is 0 Å². The summed E-state index contributed by atoms with van der Waals surface area (Å²) in [5, 5.41) is 21.5. The van der Waals surface area contributed by atoms with Gasteiger partial charge in [-0.2, -0.15) is 0 Å². The molecule has 0 saturated heterocycles. The van der Waals surface area contributed by atoms with Gasteiger partial charge in [0.05, 0.1) is 0 Å². The van der Waals surface area contributed by atoms with E-state index in [-0.39, 0.29) is 11.5 Å². The molecule has 0 aliphatic heterocycles. The summed E-state index contributed by atoms with van der Waals surface area (Å²) in [5.41, 5.74) is 0. The fraction of sp³-hybridized carbons (Fsp3) is 0. The molecule has 84 valence electrons. The molecule has 0 unspecified atom stereocenters. The fourth-order valence-electron chi connectivity index (χ4n) is 2.09. The second kappa shape index (κ2) is 3.35. The molecule has 0 saturated carbocycles. The third-order valence-electron chi connectivity index (χ3n) is 2.91. The fourth-order valence-corrected chi connectivity index (χ4v) is 2.09. The largest absolute Gasteiger partial charge is 0.508 e. The van der Waals surface area contributed by atoms with E-state index in [9.17, 15) is 14.6 Å². The van der Waals surface area contributed by atoms with Gasteiger partial charge >= 0.3 is 0 Å². The minimum Gasteiger partial charge on any atom is -0.508 e. The number of benzene rings is 3. The third kappa shape index (κ3) is 1.40. The normalized spacial score (nSPS) is 11.1. The van der Waals surface area contributed by atoms with Crippen LogP contribution in [0.15, 0.2) is 42.5 Å². The molecule has 3 rings (SSSR count). The van der Waals surface area contributed by atoms with E-state index >= 15 is 0 Å². The highest BCUT2D eigenvalue weighted by atomic mass is 19.1. The molecule has 0 radical (unpaired) electrons. The summed E-state index contributed by atoms with van der Waals surface area (Å²) in [6.07, 6.45) is 0. The second-order valence-corrected chi connectivity index (χ2v) is 3.96. The van der Waals surface area contributed by atoms with E-state index in [1.165, 1.54) is 6.07 Å². The zero-order chi connectivity index (χ0) is 12.0. The van der Waals surface area contributed by atoms with Gasteiger partial charge in [-0.05, 0) is 40.4 Å². The molecule has 0 atom stereocenters. The lowest BCUT2D eigenvalue weighted by Crippen LogP contribution is -1.83. The van der Waals surface area contributed by atoms with E-state index in [1.54, 1.807) is 36.4 Å². The van der Waals surface area contributed by atoms with Gasteiger partial charge in [-0.25, -0.2) is 4.39 Å². The van der Waals surface area contributed by atoms with Crippen molar-refractivity contribution in [3.8, 4) is 11.5 Å². The number of fused-ring (bicyclic) bond motifs is 3. The maximum atomic E-state index is 13.7. The number of hydrogen-bond acceptors (Lipinski definition) is 2. The lowest BCUT2D eigenvalue weighted by atomic mass is 10.0. The monoisotopic (exact) mass is 228 g/mol. The topological polar surface area (TPSA) is 40.5 Å². The molecule has 0 aromatic heterocycles. The molecular weight excluding hydrogens is 219 g/mol. The van der Waals surface area contributed by atoms with Gasteiger partial charge in [0.15, 0.2) is 11.6 Å². The van der Waals surface area contributed by atoms with Gasteiger partial charge < -0.3 is 10.2 Å². The summed E-state index contributed by atoms with van der Waals surface area (Å²) >= 11 is 0. The van der Waals surface area contributed by atoms with E-state index in [0.29, 0.717) is 5.39 Å². The SMILES string of the molecule is Oc1ccc2c(ccc3c(F)c(O)ccc32)c1. The molecule has 0 fully saturated rings. The van der Waals surface area contributed by atoms with Crippen LogP contribution in [0.3, 0.4) is 0 Å². The molecule has 2 nitrogen and oxygen atoms in total. The lowest BCUT2D eigenvalue weighted by Gasteiger charge is -2.06. The zero-order valence-corrected chi connectivity index (χ0v) is 8.81. The van der Waals surface area contributed by atoms with Crippen LogP contribution in [0.1, 0.15) is 0 Å². The molecule has 0 aliphatic rings. The first-order valence-corrected chi connectivity index (χ1v) is 5.20. The van der Waals surface area contributed by atoms with Crippen LogP contribution in [0.2, 0.25) is 0 Å². The molecule has 0 heterocycles. The van der Waals surface area contributed by atoms with Crippen molar-refractivity contribution < 1.29 is 14.6 Å².